The summed E-state index contributed by atoms with van der Waals surface area (Å²) >= 11 is 1.72. The summed E-state index contributed by atoms with van der Waals surface area (Å²) in [6.07, 6.45) is 1.75. The van der Waals surface area contributed by atoms with E-state index in [9.17, 15) is 0 Å². The summed E-state index contributed by atoms with van der Waals surface area (Å²) in [6, 6.07) is 2.45. The van der Waals surface area contributed by atoms with Gasteiger partial charge in [-0.2, -0.15) is 11.3 Å². The zero-order valence-corrected chi connectivity index (χ0v) is 12.9. The number of hydrogen-bond donors (Lipinski definition) is 3. The number of aryl methyl sites for hydroxylation is 1. The van der Waals surface area contributed by atoms with Gasteiger partial charge in [-0.1, -0.05) is 6.92 Å². The molecule has 20 heavy (non-hydrogen) atoms. The number of rotatable bonds is 6. The molecule has 0 saturated carbocycles. The summed E-state index contributed by atoms with van der Waals surface area (Å²) in [5.41, 5.74) is 4.93. The maximum Gasteiger partial charge on any atom is 0.148 e. The summed E-state index contributed by atoms with van der Waals surface area (Å²) in [6.45, 7) is 6.15. The van der Waals surface area contributed by atoms with Crippen LogP contribution >= 0.6 is 11.3 Å². The molecule has 0 radical (unpaired) electrons. The third-order valence-corrected chi connectivity index (χ3v) is 3.88. The monoisotopic (exact) mass is 291 g/mol. The Morgan fingerprint density at radius 1 is 1.35 bits per heavy atom. The summed E-state index contributed by atoms with van der Waals surface area (Å²) < 4.78 is 0. The van der Waals surface area contributed by atoms with Crippen molar-refractivity contribution in [2.75, 3.05) is 10.7 Å². The van der Waals surface area contributed by atoms with Gasteiger partial charge in [-0.3, -0.25) is 0 Å². The molecule has 108 valence electrons. The molecule has 0 aromatic carbocycles. The van der Waals surface area contributed by atoms with Crippen LogP contribution in [0.15, 0.2) is 16.8 Å². The Labute approximate surface area is 123 Å². The van der Waals surface area contributed by atoms with Gasteiger partial charge in [0.05, 0.1) is 0 Å². The Bertz CT molecular complexity index is 553. The van der Waals surface area contributed by atoms with Crippen molar-refractivity contribution in [1.29, 1.82) is 0 Å². The lowest BCUT2D eigenvalue weighted by atomic mass is 10.1. The van der Waals surface area contributed by atoms with Crippen LogP contribution in [0.25, 0.3) is 0 Å². The molecular formula is C14H21N5S. The third kappa shape index (κ3) is 3.46. The standard InChI is InChI=1S/C14H21N5S/c1-4-12-17-13(10(3)14(18-12)19-15)16-9(2)7-11-5-6-20-8-11/h5-6,8-9H,4,7,15H2,1-3H3,(H2,16,17,18,19). The van der Waals surface area contributed by atoms with E-state index in [1.54, 1.807) is 11.3 Å². The second-order valence-corrected chi connectivity index (χ2v) is 5.62. The second kappa shape index (κ2) is 6.67. The number of nitrogens with two attached hydrogens (primary N) is 1. The molecule has 2 aromatic heterocycles. The van der Waals surface area contributed by atoms with E-state index in [-0.39, 0.29) is 0 Å². The van der Waals surface area contributed by atoms with Crippen molar-refractivity contribution in [2.45, 2.75) is 39.7 Å². The van der Waals surface area contributed by atoms with E-state index in [0.717, 1.165) is 30.0 Å². The molecular weight excluding hydrogens is 270 g/mol. The summed E-state index contributed by atoms with van der Waals surface area (Å²) in [4.78, 5) is 8.92. The maximum absolute atomic E-state index is 5.52. The Morgan fingerprint density at radius 3 is 2.70 bits per heavy atom. The highest BCUT2D eigenvalue weighted by molar-refractivity contribution is 7.07. The molecule has 0 saturated heterocycles. The van der Waals surface area contributed by atoms with Crippen LogP contribution in [0.4, 0.5) is 11.6 Å². The molecule has 0 fully saturated rings. The van der Waals surface area contributed by atoms with Crippen LogP contribution < -0.4 is 16.6 Å². The van der Waals surface area contributed by atoms with Crippen LogP contribution in [0.2, 0.25) is 0 Å². The first-order valence-corrected chi connectivity index (χ1v) is 7.70. The number of nitrogens with one attached hydrogen (secondary N) is 2. The average Bonchev–Trinajstić information content (AvgIpc) is 2.93. The van der Waals surface area contributed by atoms with E-state index in [1.807, 2.05) is 13.8 Å². The first-order valence-electron chi connectivity index (χ1n) is 6.75. The van der Waals surface area contributed by atoms with Crippen LogP contribution in [0.1, 0.15) is 30.8 Å². The van der Waals surface area contributed by atoms with Gasteiger partial charge in [0.15, 0.2) is 0 Å². The van der Waals surface area contributed by atoms with Gasteiger partial charge in [-0.05, 0) is 42.7 Å². The molecule has 4 N–H and O–H groups in total. The van der Waals surface area contributed by atoms with Crippen LogP contribution in [0.3, 0.4) is 0 Å². The Morgan fingerprint density at radius 2 is 2.10 bits per heavy atom. The quantitative estimate of drug-likeness (QED) is 0.563. The highest BCUT2D eigenvalue weighted by Gasteiger charge is 2.12. The van der Waals surface area contributed by atoms with E-state index in [0.29, 0.717) is 11.9 Å². The number of nitrogens with zero attached hydrogens (tertiary/aromatic N) is 2. The number of thiophene rings is 1. The van der Waals surface area contributed by atoms with E-state index in [2.05, 4.69) is 44.5 Å². The number of hydrogen-bond acceptors (Lipinski definition) is 6. The predicted molar refractivity (Wildman–Crippen MR) is 85.1 cm³/mol. The lowest BCUT2D eigenvalue weighted by Gasteiger charge is -2.18. The fraction of sp³-hybridized carbons (Fsp3) is 0.429. The SMILES string of the molecule is CCc1nc(NN)c(C)c(NC(C)Cc2ccsc2)n1. The van der Waals surface area contributed by atoms with Crippen molar-refractivity contribution in [3.63, 3.8) is 0 Å². The highest BCUT2D eigenvalue weighted by atomic mass is 32.1. The van der Waals surface area contributed by atoms with Crippen molar-refractivity contribution in [1.82, 2.24) is 9.97 Å². The molecule has 1 atom stereocenters. The molecule has 2 aromatic rings. The predicted octanol–water partition coefficient (Wildman–Crippen LogP) is 2.74. The van der Waals surface area contributed by atoms with E-state index in [1.165, 1.54) is 5.56 Å². The molecule has 0 amide bonds. The van der Waals surface area contributed by atoms with Crippen molar-refractivity contribution >= 4 is 23.0 Å². The fourth-order valence-electron chi connectivity index (χ4n) is 2.05. The lowest BCUT2D eigenvalue weighted by molar-refractivity contribution is 0.779. The fourth-order valence-corrected chi connectivity index (χ4v) is 2.73. The normalized spacial score (nSPS) is 12.2. The van der Waals surface area contributed by atoms with Crippen molar-refractivity contribution in [3.05, 3.63) is 33.8 Å². The molecule has 0 aliphatic rings. The van der Waals surface area contributed by atoms with Crippen LogP contribution in [-0.4, -0.2) is 16.0 Å². The number of nitrogen functional groups attached to an aromatic ring is 1. The first-order chi connectivity index (χ1) is 9.63. The van der Waals surface area contributed by atoms with Gasteiger partial charge in [0.1, 0.15) is 17.5 Å². The van der Waals surface area contributed by atoms with Crippen molar-refractivity contribution < 1.29 is 0 Å². The zero-order chi connectivity index (χ0) is 14.5. The largest absolute Gasteiger partial charge is 0.367 e. The summed E-state index contributed by atoms with van der Waals surface area (Å²) in [5, 5.41) is 7.73. The molecule has 2 heterocycles. The smallest absolute Gasteiger partial charge is 0.148 e. The van der Waals surface area contributed by atoms with Gasteiger partial charge in [-0.25, -0.2) is 15.8 Å². The molecule has 5 nitrogen and oxygen atoms in total. The van der Waals surface area contributed by atoms with E-state index in [4.69, 9.17) is 5.84 Å². The van der Waals surface area contributed by atoms with Gasteiger partial charge in [0.2, 0.25) is 0 Å². The lowest BCUT2D eigenvalue weighted by Crippen LogP contribution is -2.21. The molecule has 2 rings (SSSR count). The topological polar surface area (TPSA) is 75.9 Å². The van der Waals surface area contributed by atoms with Crippen molar-refractivity contribution in [2.24, 2.45) is 5.84 Å². The molecule has 0 bridgehead atoms. The van der Waals surface area contributed by atoms with Crippen LogP contribution in [0.5, 0.6) is 0 Å². The minimum absolute atomic E-state index is 0.300. The van der Waals surface area contributed by atoms with Crippen molar-refractivity contribution in [3.8, 4) is 0 Å². The minimum Gasteiger partial charge on any atom is -0.367 e. The van der Waals surface area contributed by atoms with Gasteiger partial charge in [-0.15, -0.1) is 0 Å². The van der Waals surface area contributed by atoms with Gasteiger partial charge in [0, 0.05) is 18.0 Å². The number of hydrazine groups is 1. The highest BCUT2D eigenvalue weighted by Crippen LogP contribution is 2.21. The Balaban J connectivity index is 2.15. The first kappa shape index (κ1) is 14.7. The minimum atomic E-state index is 0.300. The zero-order valence-electron chi connectivity index (χ0n) is 12.1. The van der Waals surface area contributed by atoms with E-state index >= 15 is 0 Å². The van der Waals surface area contributed by atoms with Gasteiger partial charge >= 0.3 is 0 Å². The van der Waals surface area contributed by atoms with E-state index < -0.39 is 0 Å². The average molecular weight is 291 g/mol. The third-order valence-electron chi connectivity index (χ3n) is 3.15. The summed E-state index contributed by atoms with van der Waals surface area (Å²) in [7, 11) is 0. The number of anilines is 2. The molecule has 0 aliphatic carbocycles. The molecule has 6 heteroatoms. The Kier molecular flexibility index (Phi) is 4.92. The molecule has 0 spiro atoms. The molecule has 0 aliphatic heterocycles. The van der Waals surface area contributed by atoms with Crippen LogP contribution in [0, 0.1) is 6.92 Å². The van der Waals surface area contributed by atoms with Crippen LogP contribution in [-0.2, 0) is 12.8 Å². The maximum atomic E-state index is 5.52. The van der Waals surface area contributed by atoms with Gasteiger partial charge in [0.25, 0.3) is 0 Å². The number of aromatic nitrogens is 2. The second-order valence-electron chi connectivity index (χ2n) is 4.84. The summed E-state index contributed by atoms with van der Waals surface area (Å²) in [5.74, 6) is 7.84. The molecule has 1 unspecified atom stereocenters. The Hall–Kier alpha value is -1.66. The van der Waals surface area contributed by atoms with Gasteiger partial charge < -0.3 is 10.7 Å².